The monoisotopic (exact) mass is 429 g/mol. The van der Waals surface area contributed by atoms with Crippen molar-refractivity contribution in [2.75, 3.05) is 32.8 Å². The SMILES string of the molecule is O=C1CCCN1CCCN(C(=O)CCCc1nc2ccccc2s1)C1CCOCC1. The van der Waals surface area contributed by atoms with Crippen LogP contribution in [0.5, 0.6) is 0 Å². The van der Waals surface area contributed by atoms with Crippen LogP contribution in [0.2, 0.25) is 0 Å². The molecule has 2 amide bonds. The lowest BCUT2D eigenvalue weighted by molar-refractivity contribution is -0.135. The minimum Gasteiger partial charge on any atom is -0.381 e. The van der Waals surface area contributed by atoms with Crippen LogP contribution in [0.4, 0.5) is 0 Å². The normalized spacial score (nSPS) is 17.7. The van der Waals surface area contributed by atoms with Crippen molar-refractivity contribution in [3.05, 3.63) is 29.3 Å². The molecule has 1 aromatic heterocycles. The van der Waals surface area contributed by atoms with Crippen molar-refractivity contribution < 1.29 is 14.3 Å². The van der Waals surface area contributed by atoms with Gasteiger partial charge in [-0.25, -0.2) is 4.98 Å². The maximum atomic E-state index is 13.1. The number of carbonyl (C=O) groups excluding carboxylic acids is 2. The minimum atomic E-state index is 0.232. The molecule has 0 radical (unpaired) electrons. The predicted molar refractivity (Wildman–Crippen MR) is 119 cm³/mol. The molecule has 0 bridgehead atoms. The lowest BCUT2D eigenvalue weighted by Crippen LogP contribution is -2.44. The number of hydrogen-bond acceptors (Lipinski definition) is 5. The number of aromatic nitrogens is 1. The van der Waals surface area contributed by atoms with Gasteiger partial charge in [0.2, 0.25) is 11.8 Å². The van der Waals surface area contributed by atoms with Gasteiger partial charge < -0.3 is 14.5 Å². The molecule has 2 aromatic rings. The molecular formula is C23H31N3O3S. The number of para-hydroxylation sites is 1. The van der Waals surface area contributed by atoms with E-state index < -0.39 is 0 Å². The average molecular weight is 430 g/mol. The van der Waals surface area contributed by atoms with Gasteiger partial charge in [-0.2, -0.15) is 0 Å². The van der Waals surface area contributed by atoms with Crippen LogP contribution in [0.25, 0.3) is 10.2 Å². The molecule has 2 aliphatic heterocycles. The summed E-state index contributed by atoms with van der Waals surface area (Å²) in [7, 11) is 0. The van der Waals surface area contributed by atoms with Gasteiger partial charge in [0.05, 0.1) is 15.2 Å². The zero-order valence-corrected chi connectivity index (χ0v) is 18.4. The smallest absolute Gasteiger partial charge is 0.222 e. The Morgan fingerprint density at radius 1 is 1.23 bits per heavy atom. The molecule has 1 aromatic carbocycles. The molecule has 0 atom stereocenters. The number of amides is 2. The zero-order valence-electron chi connectivity index (χ0n) is 17.6. The number of aryl methyl sites for hydroxylation is 1. The van der Waals surface area contributed by atoms with Gasteiger partial charge >= 0.3 is 0 Å². The number of thiazole rings is 1. The standard InChI is InChI=1S/C23H31N3O3S/c27-22-10-4-13-25(22)14-5-15-26(18-11-16-29-17-12-18)23(28)9-3-8-21-24-19-6-1-2-7-20(19)30-21/h1-2,6-7,18H,3-5,8-17H2. The first-order chi connectivity index (χ1) is 14.7. The van der Waals surface area contributed by atoms with Gasteiger partial charge in [0.15, 0.2) is 0 Å². The van der Waals surface area contributed by atoms with Gasteiger partial charge in [-0.05, 0) is 50.7 Å². The van der Waals surface area contributed by atoms with E-state index in [0.29, 0.717) is 12.8 Å². The number of rotatable bonds is 9. The second-order valence-corrected chi connectivity index (χ2v) is 9.31. The van der Waals surface area contributed by atoms with Crippen LogP contribution >= 0.6 is 11.3 Å². The summed E-state index contributed by atoms with van der Waals surface area (Å²) in [6.07, 6.45) is 6.53. The maximum Gasteiger partial charge on any atom is 0.222 e. The van der Waals surface area contributed by atoms with Crippen molar-refractivity contribution in [2.24, 2.45) is 0 Å². The number of benzene rings is 1. The summed E-state index contributed by atoms with van der Waals surface area (Å²) in [6, 6.07) is 8.45. The molecule has 7 heteroatoms. The lowest BCUT2D eigenvalue weighted by atomic mass is 10.1. The second kappa shape index (κ2) is 10.4. The summed E-state index contributed by atoms with van der Waals surface area (Å²) >= 11 is 1.72. The van der Waals surface area contributed by atoms with E-state index in [1.54, 1.807) is 11.3 Å². The molecule has 0 saturated carbocycles. The summed E-state index contributed by atoms with van der Waals surface area (Å²) in [5.74, 6) is 0.491. The average Bonchev–Trinajstić information content (AvgIpc) is 3.37. The first-order valence-corrected chi connectivity index (χ1v) is 12.0. The first kappa shape index (κ1) is 21.2. The van der Waals surface area contributed by atoms with Crippen LogP contribution in [-0.4, -0.2) is 65.5 Å². The Labute approximate surface area is 182 Å². The highest BCUT2D eigenvalue weighted by atomic mass is 32.1. The molecule has 30 heavy (non-hydrogen) atoms. The van der Waals surface area contributed by atoms with Crippen LogP contribution in [0.15, 0.2) is 24.3 Å². The third kappa shape index (κ3) is 5.38. The Morgan fingerprint density at radius 2 is 2.07 bits per heavy atom. The number of likely N-dealkylation sites (tertiary alicyclic amines) is 1. The molecular weight excluding hydrogens is 398 g/mol. The van der Waals surface area contributed by atoms with E-state index in [1.165, 1.54) is 4.70 Å². The molecule has 3 heterocycles. The van der Waals surface area contributed by atoms with Gasteiger partial charge in [0.1, 0.15) is 0 Å². The second-order valence-electron chi connectivity index (χ2n) is 8.20. The highest BCUT2D eigenvalue weighted by Crippen LogP contribution is 2.23. The van der Waals surface area contributed by atoms with Gasteiger partial charge in [-0.15, -0.1) is 11.3 Å². The van der Waals surface area contributed by atoms with E-state index in [4.69, 9.17) is 4.74 Å². The first-order valence-electron chi connectivity index (χ1n) is 11.2. The van der Waals surface area contributed by atoms with Crippen LogP contribution in [-0.2, 0) is 20.7 Å². The van der Waals surface area contributed by atoms with Gasteiger partial charge in [-0.1, -0.05) is 12.1 Å². The lowest BCUT2D eigenvalue weighted by Gasteiger charge is -2.35. The Kier molecular flexibility index (Phi) is 7.33. The molecule has 2 aliphatic rings. The number of hydrogen-bond donors (Lipinski definition) is 0. The Balaban J connectivity index is 1.29. The number of ether oxygens (including phenoxy) is 1. The predicted octanol–water partition coefficient (Wildman–Crippen LogP) is 3.64. The molecule has 0 unspecified atom stereocenters. The Hall–Kier alpha value is -1.99. The van der Waals surface area contributed by atoms with Crippen molar-refractivity contribution in [2.45, 2.75) is 57.4 Å². The minimum absolute atomic E-state index is 0.232. The Morgan fingerprint density at radius 3 is 2.83 bits per heavy atom. The summed E-state index contributed by atoms with van der Waals surface area (Å²) in [6.45, 7) is 3.81. The molecule has 162 valence electrons. The van der Waals surface area contributed by atoms with E-state index in [1.807, 2.05) is 23.1 Å². The van der Waals surface area contributed by atoms with Crippen molar-refractivity contribution in [3.63, 3.8) is 0 Å². The van der Waals surface area contributed by atoms with Crippen molar-refractivity contribution >= 4 is 33.4 Å². The van der Waals surface area contributed by atoms with Gasteiger partial charge in [-0.3, -0.25) is 9.59 Å². The molecule has 2 fully saturated rings. The summed E-state index contributed by atoms with van der Waals surface area (Å²) in [5.41, 5.74) is 1.05. The third-order valence-electron chi connectivity index (χ3n) is 6.07. The van der Waals surface area contributed by atoms with E-state index in [0.717, 1.165) is 81.9 Å². The van der Waals surface area contributed by atoms with E-state index in [-0.39, 0.29) is 17.9 Å². The topological polar surface area (TPSA) is 62.7 Å². The van der Waals surface area contributed by atoms with Crippen molar-refractivity contribution in [3.8, 4) is 0 Å². The van der Waals surface area contributed by atoms with Crippen molar-refractivity contribution in [1.29, 1.82) is 0 Å². The molecule has 0 aliphatic carbocycles. The molecule has 0 N–H and O–H groups in total. The molecule has 6 nitrogen and oxygen atoms in total. The molecule has 4 rings (SSSR count). The fraction of sp³-hybridized carbons (Fsp3) is 0.609. The van der Waals surface area contributed by atoms with Crippen LogP contribution in [0.1, 0.15) is 50.0 Å². The van der Waals surface area contributed by atoms with E-state index in [2.05, 4.69) is 16.0 Å². The number of nitrogens with zero attached hydrogens (tertiary/aromatic N) is 3. The third-order valence-corrected chi connectivity index (χ3v) is 7.17. The Bertz CT molecular complexity index is 829. The van der Waals surface area contributed by atoms with E-state index >= 15 is 0 Å². The quantitative estimate of drug-likeness (QED) is 0.611. The maximum absolute atomic E-state index is 13.1. The largest absolute Gasteiger partial charge is 0.381 e. The highest BCUT2D eigenvalue weighted by Gasteiger charge is 2.26. The van der Waals surface area contributed by atoms with Crippen LogP contribution in [0, 0.1) is 0 Å². The summed E-state index contributed by atoms with van der Waals surface area (Å²) in [5, 5.41) is 1.11. The van der Waals surface area contributed by atoms with Crippen molar-refractivity contribution in [1.82, 2.24) is 14.8 Å². The summed E-state index contributed by atoms with van der Waals surface area (Å²) in [4.78, 5) is 33.6. The van der Waals surface area contributed by atoms with Gasteiger partial charge in [0, 0.05) is 51.7 Å². The fourth-order valence-electron chi connectivity index (χ4n) is 4.44. The fourth-order valence-corrected chi connectivity index (χ4v) is 5.45. The molecule has 2 saturated heterocycles. The highest BCUT2D eigenvalue weighted by molar-refractivity contribution is 7.18. The number of carbonyl (C=O) groups is 2. The van der Waals surface area contributed by atoms with Gasteiger partial charge in [0.25, 0.3) is 0 Å². The van der Waals surface area contributed by atoms with Crippen LogP contribution in [0.3, 0.4) is 0 Å². The molecule has 0 spiro atoms. The number of fused-ring (bicyclic) bond motifs is 1. The van der Waals surface area contributed by atoms with Crippen LogP contribution < -0.4 is 0 Å². The van der Waals surface area contributed by atoms with E-state index in [9.17, 15) is 9.59 Å². The zero-order chi connectivity index (χ0) is 20.8. The summed E-state index contributed by atoms with van der Waals surface area (Å²) < 4.78 is 6.71.